The van der Waals surface area contributed by atoms with Crippen LogP contribution in [-0.2, 0) is 0 Å². The number of carboxylic acids is 1. The van der Waals surface area contributed by atoms with Crippen molar-refractivity contribution >= 4 is 17.3 Å². The maximum absolute atomic E-state index is 14.1. The normalized spacial score (nSPS) is 10.6. The van der Waals surface area contributed by atoms with Crippen LogP contribution in [-0.4, -0.2) is 24.2 Å². The predicted octanol–water partition coefficient (Wildman–Crippen LogP) is 3.51. The second-order valence-corrected chi connectivity index (χ2v) is 4.89. The van der Waals surface area contributed by atoms with Gasteiger partial charge in [-0.15, -0.1) is 0 Å². The van der Waals surface area contributed by atoms with Crippen molar-refractivity contribution in [3.05, 3.63) is 23.5 Å². The first kappa shape index (κ1) is 16.3. The number of benzene rings is 1. The lowest BCUT2D eigenvalue weighted by Crippen LogP contribution is -2.27. The lowest BCUT2D eigenvalue weighted by Gasteiger charge is -2.25. The van der Waals surface area contributed by atoms with E-state index in [1.807, 2.05) is 4.90 Å². The van der Waals surface area contributed by atoms with Gasteiger partial charge in [0.15, 0.2) is 0 Å². The summed E-state index contributed by atoms with van der Waals surface area (Å²) in [6, 6.07) is 2.45. The van der Waals surface area contributed by atoms with Crippen LogP contribution in [0.25, 0.3) is 0 Å². The molecule has 0 aliphatic rings. The van der Waals surface area contributed by atoms with Gasteiger partial charge in [0, 0.05) is 18.8 Å². The van der Waals surface area contributed by atoms with Crippen molar-refractivity contribution in [1.82, 2.24) is 0 Å². The fourth-order valence-electron chi connectivity index (χ4n) is 2.06. The summed E-state index contributed by atoms with van der Waals surface area (Å²) < 4.78 is 14.1. The molecule has 1 aromatic carbocycles. The molecular weight excluding hydrogens is 259 g/mol. The largest absolute Gasteiger partial charge is 0.478 e. The summed E-state index contributed by atoms with van der Waals surface area (Å²) >= 11 is 0. The number of hydrogen-bond acceptors (Lipinski definition) is 3. The smallest absolute Gasteiger partial charge is 0.337 e. The number of rotatable bonds is 8. The van der Waals surface area contributed by atoms with E-state index in [0.717, 1.165) is 44.8 Å². The molecule has 5 heteroatoms. The highest BCUT2D eigenvalue weighted by Crippen LogP contribution is 2.26. The number of halogens is 1. The standard InChI is InChI=1S/C15H23FN2O2/c1-3-5-7-18(8-6-4-2)14-9-11(15(19)20)13(17)10-12(14)16/h9-10H,3-8,17H2,1-2H3,(H,19,20). The second kappa shape index (κ2) is 7.72. The van der Waals surface area contributed by atoms with Gasteiger partial charge >= 0.3 is 5.97 Å². The average Bonchev–Trinajstić information content (AvgIpc) is 2.39. The van der Waals surface area contributed by atoms with E-state index in [9.17, 15) is 9.18 Å². The SMILES string of the molecule is CCCCN(CCCC)c1cc(C(=O)O)c(N)cc1F. The molecule has 4 nitrogen and oxygen atoms in total. The van der Waals surface area contributed by atoms with Crippen molar-refractivity contribution in [1.29, 1.82) is 0 Å². The summed E-state index contributed by atoms with van der Waals surface area (Å²) in [6.45, 7) is 5.58. The highest BCUT2D eigenvalue weighted by Gasteiger charge is 2.17. The maximum atomic E-state index is 14.1. The number of hydrogen-bond donors (Lipinski definition) is 2. The summed E-state index contributed by atoms with van der Waals surface area (Å²) in [5.41, 5.74) is 5.80. The first-order chi connectivity index (χ1) is 9.51. The van der Waals surface area contributed by atoms with Gasteiger partial charge in [0.05, 0.1) is 11.3 Å². The molecule has 0 saturated heterocycles. The zero-order valence-electron chi connectivity index (χ0n) is 12.2. The van der Waals surface area contributed by atoms with Crippen LogP contribution in [0.2, 0.25) is 0 Å². The van der Waals surface area contributed by atoms with Crippen molar-refractivity contribution in [3.63, 3.8) is 0 Å². The first-order valence-corrected chi connectivity index (χ1v) is 7.08. The molecule has 3 N–H and O–H groups in total. The predicted molar refractivity (Wildman–Crippen MR) is 79.8 cm³/mol. The molecule has 0 saturated carbocycles. The van der Waals surface area contributed by atoms with E-state index in [4.69, 9.17) is 10.8 Å². The molecule has 0 spiro atoms. The highest BCUT2D eigenvalue weighted by atomic mass is 19.1. The topological polar surface area (TPSA) is 66.6 Å². The minimum Gasteiger partial charge on any atom is -0.478 e. The maximum Gasteiger partial charge on any atom is 0.337 e. The van der Waals surface area contributed by atoms with Crippen LogP contribution in [0.3, 0.4) is 0 Å². The average molecular weight is 282 g/mol. The van der Waals surface area contributed by atoms with Crippen molar-refractivity contribution in [3.8, 4) is 0 Å². The van der Waals surface area contributed by atoms with E-state index >= 15 is 0 Å². The van der Waals surface area contributed by atoms with E-state index < -0.39 is 11.8 Å². The summed E-state index contributed by atoms with van der Waals surface area (Å²) in [5, 5.41) is 9.09. The van der Waals surface area contributed by atoms with Gasteiger partial charge in [-0.25, -0.2) is 9.18 Å². The van der Waals surface area contributed by atoms with E-state index in [1.54, 1.807) is 0 Å². The Balaban J connectivity index is 3.10. The van der Waals surface area contributed by atoms with Gasteiger partial charge in [-0.3, -0.25) is 0 Å². The number of unbranched alkanes of at least 4 members (excludes halogenated alkanes) is 2. The summed E-state index contributed by atoms with van der Waals surface area (Å²) in [7, 11) is 0. The summed E-state index contributed by atoms with van der Waals surface area (Å²) in [6.07, 6.45) is 3.89. The zero-order chi connectivity index (χ0) is 15.1. The van der Waals surface area contributed by atoms with Crippen molar-refractivity contribution in [2.24, 2.45) is 0 Å². The number of carboxylic acid groups (broad SMARTS) is 1. The van der Waals surface area contributed by atoms with Crippen molar-refractivity contribution in [2.75, 3.05) is 23.7 Å². The Bertz CT molecular complexity index is 455. The first-order valence-electron chi connectivity index (χ1n) is 7.08. The lowest BCUT2D eigenvalue weighted by molar-refractivity contribution is 0.0698. The van der Waals surface area contributed by atoms with Gasteiger partial charge in [-0.2, -0.15) is 0 Å². The molecule has 1 aromatic rings. The quantitative estimate of drug-likeness (QED) is 0.716. The van der Waals surface area contributed by atoms with Crippen LogP contribution in [0.4, 0.5) is 15.8 Å². The monoisotopic (exact) mass is 282 g/mol. The van der Waals surface area contributed by atoms with Gasteiger partial charge in [0.25, 0.3) is 0 Å². The molecule has 0 bridgehead atoms. The molecule has 0 aromatic heterocycles. The Morgan fingerprint density at radius 1 is 1.25 bits per heavy atom. The Morgan fingerprint density at radius 2 is 1.80 bits per heavy atom. The second-order valence-electron chi connectivity index (χ2n) is 4.89. The molecule has 0 radical (unpaired) electrons. The molecule has 112 valence electrons. The molecule has 0 heterocycles. The van der Waals surface area contributed by atoms with Gasteiger partial charge in [0.1, 0.15) is 5.82 Å². The Morgan fingerprint density at radius 3 is 2.25 bits per heavy atom. The third-order valence-corrected chi connectivity index (χ3v) is 3.25. The molecule has 0 aliphatic heterocycles. The van der Waals surface area contributed by atoms with Crippen LogP contribution in [0.1, 0.15) is 49.9 Å². The summed E-state index contributed by atoms with van der Waals surface area (Å²) in [5.74, 6) is -1.59. The molecule has 20 heavy (non-hydrogen) atoms. The molecule has 0 fully saturated rings. The molecule has 0 unspecified atom stereocenters. The van der Waals surface area contributed by atoms with Crippen LogP contribution < -0.4 is 10.6 Å². The van der Waals surface area contributed by atoms with Gasteiger partial charge < -0.3 is 15.7 Å². The third kappa shape index (κ3) is 4.11. The van der Waals surface area contributed by atoms with Crippen molar-refractivity contribution in [2.45, 2.75) is 39.5 Å². The zero-order valence-corrected chi connectivity index (χ0v) is 12.2. The van der Waals surface area contributed by atoms with Crippen LogP contribution in [0.5, 0.6) is 0 Å². The number of nitrogens with two attached hydrogens (primary N) is 1. The van der Waals surface area contributed by atoms with Gasteiger partial charge in [0.2, 0.25) is 0 Å². The van der Waals surface area contributed by atoms with Crippen LogP contribution >= 0.6 is 0 Å². The number of carbonyl (C=O) groups is 1. The third-order valence-electron chi connectivity index (χ3n) is 3.25. The highest BCUT2D eigenvalue weighted by molar-refractivity contribution is 5.95. The lowest BCUT2D eigenvalue weighted by atomic mass is 10.1. The number of anilines is 2. The van der Waals surface area contributed by atoms with Crippen LogP contribution in [0.15, 0.2) is 12.1 Å². The molecule has 0 aliphatic carbocycles. The Kier molecular flexibility index (Phi) is 6.28. The Labute approximate surface area is 119 Å². The number of aromatic carboxylic acids is 1. The van der Waals surface area contributed by atoms with Crippen LogP contribution in [0, 0.1) is 5.82 Å². The number of nitrogen functional groups attached to an aromatic ring is 1. The Hall–Kier alpha value is -1.78. The molecule has 0 amide bonds. The molecular formula is C15H23FN2O2. The number of nitrogens with zero attached hydrogens (tertiary/aromatic N) is 1. The van der Waals surface area contributed by atoms with Gasteiger partial charge in [-0.05, 0) is 25.0 Å². The van der Waals surface area contributed by atoms with E-state index in [0.29, 0.717) is 5.69 Å². The molecule has 1 rings (SSSR count). The van der Waals surface area contributed by atoms with Crippen molar-refractivity contribution < 1.29 is 14.3 Å². The fourth-order valence-corrected chi connectivity index (χ4v) is 2.06. The van der Waals surface area contributed by atoms with E-state index in [-0.39, 0.29) is 11.3 Å². The summed E-state index contributed by atoms with van der Waals surface area (Å²) in [4.78, 5) is 13.0. The van der Waals surface area contributed by atoms with E-state index in [1.165, 1.54) is 6.07 Å². The fraction of sp³-hybridized carbons (Fsp3) is 0.533. The molecule has 0 atom stereocenters. The van der Waals surface area contributed by atoms with E-state index in [2.05, 4.69) is 13.8 Å². The minimum atomic E-state index is -1.13. The van der Waals surface area contributed by atoms with Gasteiger partial charge in [-0.1, -0.05) is 26.7 Å². The minimum absolute atomic E-state index is 0.0373.